The zero-order chi connectivity index (χ0) is 43.2. The lowest BCUT2D eigenvalue weighted by Gasteiger charge is -2.48. The molecule has 0 saturated carbocycles. The van der Waals surface area contributed by atoms with Gasteiger partial charge in [0.2, 0.25) is 0 Å². The molecule has 0 aromatic rings. The lowest BCUT2D eigenvalue weighted by molar-refractivity contribution is -0.318. The lowest BCUT2D eigenvalue weighted by atomic mass is 9.77. The van der Waals surface area contributed by atoms with Crippen LogP contribution in [0.1, 0.15) is 109 Å². The summed E-state index contributed by atoms with van der Waals surface area (Å²) in [6, 6.07) is -0.808. The van der Waals surface area contributed by atoms with Gasteiger partial charge in [-0.05, 0) is 109 Å². The molecule has 0 aromatic heterocycles. The third kappa shape index (κ3) is 13.7. The molecular weight excluding hydrogens is 744 g/mol. The van der Waals surface area contributed by atoms with Crippen molar-refractivity contribution in [2.24, 2.45) is 17.8 Å². The number of likely N-dealkylation sites (N-methyl/N-ethyl adjacent to an activating group) is 2. The minimum atomic E-state index is -1.80. The Morgan fingerprint density at radius 3 is 2.02 bits per heavy atom. The molecule has 0 spiro atoms. The molecule has 3 heterocycles. The Balaban J connectivity index is 0.00000309. The SMILES string of the molecule is CC(C)O.CC[C@H]1OC(=O)[C@H](C)[C@@H](O[C@H]2C[C@@](C)(OC)[C@@H](O)[C@H](C)O2)[C@H](C)[C@@H](O[C@@H]2O[C@H](C)C[C@H](N(C)C)[C@H]2O)[C@](C)(O)C[C@@H](C)CN(C)[C@H](C)[C@@H](O)[C@]1(C)O.O. The first-order chi connectivity index (χ1) is 25.6. The Morgan fingerprint density at radius 1 is 0.947 bits per heavy atom. The summed E-state index contributed by atoms with van der Waals surface area (Å²) in [6.45, 7) is 21.5. The van der Waals surface area contributed by atoms with Crippen molar-refractivity contribution in [2.75, 3.05) is 34.8 Å². The van der Waals surface area contributed by atoms with Crippen LogP contribution in [-0.2, 0) is 33.2 Å². The van der Waals surface area contributed by atoms with Crippen LogP contribution in [0.15, 0.2) is 0 Å². The molecule has 0 aromatic carbocycles. The number of aliphatic hydroxyl groups is 6. The fraction of sp³-hybridized carbons (Fsp3) is 0.976. The molecule has 8 N–H and O–H groups in total. The smallest absolute Gasteiger partial charge is 0.311 e. The van der Waals surface area contributed by atoms with E-state index < -0.39 is 96.0 Å². The van der Waals surface area contributed by atoms with E-state index in [0.717, 1.165) is 0 Å². The third-order valence-electron chi connectivity index (χ3n) is 12.2. The number of carbonyl (C=O) groups is 1. The van der Waals surface area contributed by atoms with Gasteiger partial charge in [0, 0.05) is 44.2 Å². The average Bonchev–Trinajstić information content (AvgIpc) is 3.09. The van der Waals surface area contributed by atoms with E-state index in [-0.39, 0.29) is 48.9 Å². The number of hydrogen-bond donors (Lipinski definition) is 6. The summed E-state index contributed by atoms with van der Waals surface area (Å²) >= 11 is 0. The second-order valence-electron chi connectivity index (χ2n) is 18.3. The van der Waals surface area contributed by atoms with Crippen molar-refractivity contribution < 1.29 is 69.3 Å². The minimum Gasteiger partial charge on any atom is -0.459 e. The number of carbonyl (C=O) groups excluding carboxylic acids is 1. The van der Waals surface area contributed by atoms with E-state index in [9.17, 15) is 30.3 Å². The number of esters is 1. The van der Waals surface area contributed by atoms with Crippen molar-refractivity contribution in [3.05, 3.63) is 0 Å². The number of nitrogens with zero attached hydrogens (tertiary/aromatic N) is 2. The predicted octanol–water partition coefficient (Wildman–Crippen LogP) is 1.46. The van der Waals surface area contributed by atoms with E-state index >= 15 is 0 Å². The van der Waals surface area contributed by atoms with Crippen molar-refractivity contribution in [3.63, 3.8) is 0 Å². The van der Waals surface area contributed by atoms with Crippen LogP contribution in [0.3, 0.4) is 0 Å². The Morgan fingerprint density at radius 2 is 1.51 bits per heavy atom. The van der Waals surface area contributed by atoms with Gasteiger partial charge in [-0.15, -0.1) is 0 Å². The van der Waals surface area contributed by atoms with Crippen molar-refractivity contribution in [1.82, 2.24) is 9.80 Å². The second kappa shape index (κ2) is 22.1. The van der Waals surface area contributed by atoms with Crippen LogP contribution >= 0.6 is 0 Å². The average molecular weight is 827 g/mol. The Bertz CT molecular complexity index is 1190. The fourth-order valence-corrected chi connectivity index (χ4v) is 8.74. The molecule has 18 atom stereocenters. The second-order valence-corrected chi connectivity index (χ2v) is 18.3. The molecule has 3 aliphatic rings. The van der Waals surface area contributed by atoms with E-state index in [1.54, 1.807) is 55.4 Å². The number of hydrogen-bond acceptors (Lipinski definition) is 15. The van der Waals surface area contributed by atoms with Gasteiger partial charge >= 0.3 is 5.97 Å². The van der Waals surface area contributed by atoms with E-state index in [2.05, 4.69) is 0 Å². The molecule has 0 unspecified atom stereocenters. The zero-order valence-corrected chi connectivity index (χ0v) is 37.7. The summed E-state index contributed by atoms with van der Waals surface area (Å²) in [5.41, 5.74) is -4.37. The summed E-state index contributed by atoms with van der Waals surface area (Å²) in [5, 5.41) is 66.2. The quantitative estimate of drug-likeness (QED) is 0.200. The number of ether oxygens (including phenoxy) is 6. The van der Waals surface area contributed by atoms with Gasteiger partial charge in [-0.2, -0.15) is 0 Å². The molecule has 0 radical (unpaired) electrons. The van der Waals surface area contributed by atoms with Crippen LogP contribution in [0, 0.1) is 17.8 Å². The monoisotopic (exact) mass is 827 g/mol. The predicted molar refractivity (Wildman–Crippen MR) is 215 cm³/mol. The van der Waals surface area contributed by atoms with Crippen LogP contribution in [0.25, 0.3) is 0 Å². The Hall–Kier alpha value is -1.09. The molecule has 3 saturated heterocycles. The van der Waals surface area contributed by atoms with Gasteiger partial charge in [0.05, 0.1) is 41.5 Å². The maximum Gasteiger partial charge on any atom is 0.311 e. The summed E-state index contributed by atoms with van der Waals surface area (Å²) in [4.78, 5) is 18.0. The largest absolute Gasteiger partial charge is 0.459 e. The van der Waals surface area contributed by atoms with Crippen LogP contribution in [0.5, 0.6) is 0 Å². The van der Waals surface area contributed by atoms with Crippen LogP contribution < -0.4 is 0 Å². The van der Waals surface area contributed by atoms with Gasteiger partial charge in [0.1, 0.15) is 30.0 Å². The van der Waals surface area contributed by atoms with Crippen LogP contribution in [0.4, 0.5) is 0 Å². The minimum absolute atomic E-state index is 0. The molecule has 3 aliphatic heterocycles. The highest BCUT2D eigenvalue weighted by Gasteiger charge is 2.52. The van der Waals surface area contributed by atoms with E-state index in [1.165, 1.54) is 14.0 Å². The van der Waals surface area contributed by atoms with Crippen LogP contribution in [-0.4, -0.2) is 183 Å². The molecular formula is C41H82N2O14. The van der Waals surface area contributed by atoms with Gasteiger partial charge in [0.15, 0.2) is 12.6 Å². The lowest BCUT2D eigenvalue weighted by Crippen LogP contribution is -2.60. The Kier molecular flexibility index (Phi) is 20.9. The molecule has 340 valence electrons. The van der Waals surface area contributed by atoms with E-state index in [0.29, 0.717) is 13.0 Å². The first-order valence-electron chi connectivity index (χ1n) is 20.6. The van der Waals surface area contributed by atoms with Gasteiger partial charge in [0.25, 0.3) is 0 Å². The summed E-state index contributed by atoms with van der Waals surface area (Å²) in [6.07, 6.45) is -8.36. The van der Waals surface area contributed by atoms with E-state index in [1.807, 2.05) is 51.7 Å². The standard InChI is InChI=1S/C38H72N2O12.C3H8O.H2O/c1-15-27-38(10,46)31(42)24(6)40(13)19-20(2)17-36(8,45)33(52-35-29(41)26(39(11)12)16-21(3)48-35)22(4)30(23(5)34(44)50-27)51-28-18-37(9,47-14)32(43)25(7)49-28;1-3(2)4;/h20-33,35,41-43,45-46H,15-19H2,1-14H3;3-4H,1-2H3;1H2/t20-,21-,22+,23-,24-,25+,26+,27-,28+,29-,30+,31-,32+,33-,35+,36-,37-,38-;;/m1../s1. The van der Waals surface area contributed by atoms with Gasteiger partial charge < -0.3 is 74.3 Å². The summed E-state index contributed by atoms with van der Waals surface area (Å²) in [5.74, 6) is -2.58. The van der Waals surface area contributed by atoms with Crippen molar-refractivity contribution in [2.45, 2.75) is 205 Å². The molecule has 16 nitrogen and oxygen atoms in total. The number of rotatable bonds is 7. The summed E-state index contributed by atoms with van der Waals surface area (Å²) < 4.78 is 37.5. The van der Waals surface area contributed by atoms with Gasteiger partial charge in [-0.25, -0.2) is 0 Å². The van der Waals surface area contributed by atoms with Gasteiger partial charge in [-0.3, -0.25) is 4.79 Å². The molecule has 0 bridgehead atoms. The maximum absolute atomic E-state index is 14.2. The summed E-state index contributed by atoms with van der Waals surface area (Å²) in [7, 11) is 7.12. The van der Waals surface area contributed by atoms with Gasteiger partial charge in [-0.1, -0.05) is 20.8 Å². The Labute approximate surface area is 342 Å². The first kappa shape index (κ1) is 53.9. The highest BCUT2D eigenvalue weighted by molar-refractivity contribution is 5.73. The zero-order valence-electron chi connectivity index (χ0n) is 37.7. The van der Waals surface area contributed by atoms with Crippen LogP contribution in [0.2, 0.25) is 0 Å². The van der Waals surface area contributed by atoms with Crippen molar-refractivity contribution >= 4 is 5.97 Å². The topological polar surface area (TPSA) is 232 Å². The number of methoxy groups -OCH3 is 1. The number of aliphatic hydroxyl groups excluding tert-OH is 4. The maximum atomic E-state index is 14.2. The normalized spacial score (nSPS) is 45.9. The molecule has 16 heteroatoms. The third-order valence-corrected chi connectivity index (χ3v) is 12.2. The van der Waals surface area contributed by atoms with Crippen molar-refractivity contribution in [3.8, 4) is 0 Å². The highest BCUT2D eigenvalue weighted by atomic mass is 16.7. The fourth-order valence-electron chi connectivity index (χ4n) is 8.74. The molecule has 3 fully saturated rings. The highest BCUT2D eigenvalue weighted by Crippen LogP contribution is 2.40. The molecule has 0 aliphatic carbocycles. The van der Waals surface area contributed by atoms with E-state index in [4.69, 9.17) is 33.5 Å². The molecule has 57 heavy (non-hydrogen) atoms. The molecule has 0 amide bonds. The first-order valence-corrected chi connectivity index (χ1v) is 20.6. The molecule has 3 rings (SSSR count). The van der Waals surface area contributed by atoms with Crippen molar-refractivity contribution in [1.29, 1.82) is 0 Å². The number of cyclic esters (lactones) is 1.